The number of rotatable bonds is 6. The van der Waals surface area contributed by atoms with E-state index in [9.17, 15) is 4.79 Å². The molecule has 2 aromatic heterocycles. The second-order valence-electron chi connectivity index (χ2n) is 6.51. The summed E-state index contributed by atoms with van der Waals surface area (Å²) in [7, 11) is 0. The van der Waals surface area contributed by atoms with Crippen molar-refractivity contribution in [2.45, 2.75) is 20.4 Å². The molecule has 138 valence electrons. The first-order chi connectivity index (χ1) is 12.7. The van der Waals surface area contributed by atoms with E-state index in [0.29, 0.717) is 5.56 Å². The Hall–Kier alpha value is -2.47. The summed E-state index contributed by atoms with van der Waals surface area (Å²) in [6.45, 7) is 10.2. The first-order valence-corrected chi connectivity index (χ1v) is 9.32. The molecule has 1 fully saturated rings. The average Bonchev–Trinajstić information content (AvgIpc) is 2.70. The van der Waals surface area contributed by atoms with Gasteiger partial charge in [0.1, 0.15) is 5.82 Å². The second-order valence-corrected chi connectivity index (χ2v) is 6.51. The molecular formula is C20H27N5O. The first-order valence-electron chi connectivity index (χ1n) is 9.32. The molecule has 0 unspecified atom stereocenters. The van der Waals surface area contributed by atoms with Crippen LogP contribution < -0.4 is 4.90 Å². The van der Waals surface area contributed by atoms with E-state index < -0.39 is 0 Å². The van der Waals surface area contributed by atoms with E-state index in [2.05, 4.69) is 39.7 Å². The summed E-state index contributed by atoms with van der Waals surface area (Å²) in [4.78, 5) is 27.8. The van der Waals surface area contributed by atoms with Gasteiger partial charge in [-0.15, -0.1) is 0 Å². The average molecular weight is 353 g/mol. The lowest BCUT2D eigenvalue weighted by molar-refractivity contribution is 0.0628. The number of carbonyl (C=O) groups is 1. The molecule has 2 aromatic rings. The van der Waals surface area contributed by atoms with Crippen molar-refractivity contribution in [3.05, 3.63) is 54.0 Å². The molecule has 3 rings (SSSR count). The van der Waals surface area contributed by atoms with Gasteiger partial charge in [-0.1, -0.05) is 6.07 Å². The molecule has 6 nitrogen and oxygen atoms in total. The van der Waals surface area contributed by atoms with Crippen molar-refractivity contribution < 1.29 is 4.79 Å². The lowest BCUT2D eigenvalue weighted by atomic mass is 10.2. The number of nitrogens with zero attached hydrogens (tertiary/aromatic N) is 5. The van der Waals surface area contributed by atoms with Crippen molar-refractivity contribution in [3.8, 4) is 0 Å². The van der Waals surface area contributed by atoms with Gasteiger partial charge in [0.05, 0.1) is 5.56 Å². The quantitative estimate of drug-likeness (QED) is 0.797. The van der Waals surface area contributed by atoms with E-state index in [1.165, 1.54) is 5.56 Å². The highest BCUT2D eigenvalue weighted by Crippen LogP contribution is 2.14. The van der Waals surface area contributed by atoms with E-state index in [1.54, 1.807) is 12.4 Å². The first kappa shape index (κ1) is 18.3. The number of hydrogen-bond acceptors (Lipinski definition) is 5. The number of aromatic nitrogens is 2. The Balaban J connectivity index is 1.55. The normalized spacial score (nSPS) is 15.1. The Morgan fingerprint density at radius 3 is 2.42 bits per heavy atom. The Kier molecular flexibility index (Phi) is 6.17. The topological polar surface area (TPSA) is 52.6 Å². The summed E-state index contributed by atoms with van der Waals surface area (Å²) < 4.78 is 0. The maximum Gasteiger partial charge on any atom is 0.255 e. The summed E-state index contributed by atoms with van der Waals surface area (Å²) in [6.07, 6.45) is 5.40. The van der Waals surface area contributed by atoms with Crippen LogP contribution in [0, 0.1) is 0 Å². The lowest BCUT2D eigenvalue weighted by Crippen LogP contribution is -2.48. The molecule has 0 bridgehead atoms. The van der Waals surface area contributed by atoms with Gasteiger partial charge in [-0.25, -0.2) is 4.98 Å². The van der Waals surface area contributed by atoms with Crippen molar-refractivity contribution in [2.24, 2.45) is 0 Å². The molecule has 1 amide bonds. The molecule has 0 saturated carbocycles. The third-order valence-electron chi connectivity index (χ3n) is 4.87. The number of hydrogen-bond donors (Lipinski definition) is 0. The predicted octanol–water partition coefficient (Wildman–Crippen LogP) is 2.28. The Labute approximate surface area is 155 Å². The molecule has 26 heavy (non-hydrogen) atoms. The maximum absolute atomic E-state index is 12.7. The van der Waals surface area contributed by atoms with Crippen LogP contribution in [-0.4, -0.2) is 64.9 Å². The van der Waals surface area contributed by atoms with E-state index >= 15 is 0 Å². The van der Waals surface area contributed by atoms with Crippen LogP contribution in [0.3, 0.4) is 0 Å². The molecule has 0 spiro atoms. The fourth-order valence-corrected chi connectivity index (χ4v) is 3.29. The number of amides is 1. The zero-order valence-corrected chi connectivity index (χ0v) is 15.6. The van der Waals surface area contributed by atoms with Gasteiger partial charge in [0.2, 0.25) is 0 Å². The monoisotopic (exact) mass is 353 g/mol. The Morgan fingerprint density at radius 2 is 1.85 bits per heavy atom. The van der Waals surface area contributed by atoms with Crippen LogP contribution in [-0.2, 0) is 6.54 Å². The number of anilines is 1. The second kappa shape index (κ2) is 8.76. The van der Waals surface area contributed by atoms with Gasteiger partial charge < -0.3 is 9.80 Å². The zero-order chi connectivity index (χ0) is 18.4. The fourth-order valence-electron chi connectivity index (χ4n) is 3.29. The minimum absolute atomic E-state index is 0.0737. The highest BCUT2D eigenvalue weighted by atomic mass is 16.2. The third-order valence-corrected chi connectivity index (χ3v) is 4.87. The van der Waals surface area contributed by atoms with Gasteiger partial charge in [0.15, 0.2) is 0 Å². The summed E-state index contributed by atoms with van der Waals surface area (Å²) in [6, 6.07) is 7.89. The summed E-state index contributed by atoms with van der Waals surface area (Å²) in [5.41, 5.74) is 1.88. The van der Waals surface area contributed by atoms with Gasteiger partial charge in [0.25, 0.3) is 5.91 Å². The van der Waals surface area contributed by atoms with Crippen LogP contribution in [0.5, 0.6) is 0 Å². The van der Waals surface area contributed by atoms with Crippen LogP contribution >= 0.6 is 0 Å². The molecule has 0 N–H and O–H groups in total. The molecule has 1 aliphatic heterocycles. The summed E-state index contributed by atoms with van der Waals surface area (Å²) >= 11 is 0. The highest BCUT2D eigenvalue weighted by Gasteiger charge is 2.22. The summed E-state index contributed by atoms with van der Waals surface area (Å²) in [5, 5.41) is 0. The smallest absolute Gasteiger partial charge is 0.255 e. The Morgan fingerprint density at radius 1 is 1.08 bits per heavy atom. The van der Waals surface area contributed by atoms with Crippen LogP contribution in [0.2, 0.25) is 0 Å². The molecule has 1 aliphatic rings. The van der Waals surface area contributed by atoms with E-state index in [1.807, 2.05) is 29.3 Å². The van der Waals surface area contributed by atoms with Crippen LogP contribution in [0.4, 0.5) is 5.82 Å². The fraction of sp³-hybridized carbons (Fsp3) is 0.450. The molecule has 6 heteroatoms. The van der Waals surface area contributed by atoms with Crippen LogP contribution in [0.25, 0.3) is 0 Å². The highest BCUT2D eigenvalue weighted by molar-refractivity contribution is 5.94. The van der Waals surface area contributed by atoms with Crippen molar-refractivity contribution in [1.82, 2.24) is 19.8 Å². The molecule has 3 heterocycles. The van der Waals surface area contributed by atoms with E-state index in [-0.39, 0.29) is 5.91 Å². The van der Waals surface area contributed by atoms with Gasteiger partial charge in [-0.2, -0.15) is 0 Å². The number of carbonyl (C=O) groups excluding carboxylic acids is 1. The van der Waals surface area contributed by atoms with Gasteiger partial charge in [-0.3, -0.25) is 14.7 Å². The van der Waals surface area contributed by atoms with Crippen molar-refractivity contribution >= 4 is 11.7 Å². The van der Waals surface area contributed by atoms with Crippen molar-refractivity contribution in [3.63, 3.8) is 0 Å². The zero-order valence-electron chi connectivity index (χ0n) is 15.6. The lowest BCUT2D eigenvalue weighted by Gasteiger charge is -2.34. The predicted molar refractivity (Wildman–Crippen MR) is 103 cm³/mol. The largest absolute Gasteiger partial charge is 0.357 e. The van der Waals surface area contributed by atoms with Crippen molar-refractivity contribution in [1.29, 1.82) is 0 Å². The van der Waals surface area contributed by atoms with Gasteiger partial charge >= 0.3 is 0 Å². The maximum atomic E-state index is 12.7. The minimum atomic E-state index is 0.0737. The third kappa shape index (κ3) is 4.38. The standard InChI is InChI=1S/C20H27N5O/c1-3-24(4-2)19-8-7-18(15-22-19)20(26)25-12-10-23(11-13-25)16-17-6-5-9-21-14-17/h5-9,14-15H,3-4,10-13,16H2,1-2H3. The Bertz CT molecular complexity index is 692. The van der Waals surface area contributed by atoms with E-state index in [0.717, 1.165) is 51.6 Å². The van der Waals surface area contributed by atoms with Gasteiger partial charge in [0, 0.05) is 64.4 Å². The number of pyridine rings is 2. The van der Waals surface area contributed by atoms with Crippen molar-refractivity contribution in [2.75, 3.05) is 44.2 Å². The van der Waals surface area contributed by atoms with Crippen LogP contribution in [0.15, 0.2) is 42.9 Å². The van der Waals surface area contributed by atoms with Gasteiger partial charge in [-0.05, 0) is 37.6 Å². The summed E-state index contributed by atoms with van der Waals surface area (Å²) in [5.74, 6) is 0.998. The minimum Gasteiger partial charge on any atom is -0.357 e. The number of piperazine rings is 1. The molecule has 0 aromatic carbocycles. The molecule has 1 saturated heterocycles. The van der Waals surface area contributed by atoms with E-state index in [4.69, 9.17) is 0 Å². The molecule has 0 atom stereocenters. The molecular weight excluding hydrogens is 326 g/mol. The molecule has 0 radical (unpaired) electrons. The SMILES string of the molecule is CCN(CC)c1ccc(C(=O)N2CCN(Cc3cccnc3)CC2)cn1. The molecule has 0 aliphatic carbocycles. The van der Waals surface area contributed by atoms with Crippen LogP contribution in [0.1, 0.15) is 29.8 Å².